The maximum Gasteiger partial charge on any atom is 0.318 e. The monoisotopic (exact) mass is 439 g/mol. The minimum atomic E-state index is -0.198. The Hall–Kier alpha value is -2.24. The molecule has 4 nitrogen and oxygen atoms in total. The van der Waals surface area contributed by atoms with Gasteiger partial charge in [-0.25, -0.2) is 4.79 Å². The number of thiophene rings is 1. The van der Waals surface area contributed by atoms with Gasteiger partial charge in [-0.2, -0.15) is 0 Å². The molecule has 0 fully saturated rings. The third-order valence-electron chi connectivity index (χ3n) is 6.02. The predicted molar refractivity (Wildman–Crippen MR) is 123 cm³/mol. The van der Waals surface area contributed by atoms with Crippen LogP contribution in [0.15, 0.2) is 42.6 Å². The van der Waals surface area contributed by atoms with Crippen molar-refractivity contribution in [3.8, 4) is 5.00 Å². The molecule has 1 aliphatic heterocycles. The first-order valence-electron chi connectivity index (χ1n) is 10.7. The lowest BCUT2D eigenvalue weighted by Gasteiger charge is -2.32. The molecule has 1 aromatic carbocycles. The van der Waals surface area contributed by atoms with Gasteiger partial charge < -0.3 is 14.8 Å². The van der Waals surface area contributed by atoms with Crippen LogP contribution < -0.4 is 5.32 Å². The Labute approximate surface area is 186 Å². The van der Waals surface area contributed by atoms with Crippen LogP contribution in [0.25, 0.3) is 5.00 Å². The highest BCUT2D eigenvalue weighted by Gasteiger charge is 2.36. The van der Waals surface area contributed by atoms with Gasteiger partial charge in [0.25, 0.3) is 0 Å². The van der Waals surface area contributed by atoms with Crippen molar-refractivity contribution in [2.24, 2.45) is 0 Å². The zero-order valence-corrected chi connectivity index (χ0v) is 18.9. The molecule has 0 radical (unpaired) electrons. The van der Waals surface area contributed by atoms with Crippen LogP contribution in [-0.4, -0.2) is 21.5 Å². The van der Waals surface area contributed by atoms with Gasteiger partial charge >= 0.3 is 6.03 Å². The van der Waals surface area contributed by atoms with Crippen LogP contribution in [-0.2, 0) is 19.4 Å². The molecule has 1 unspecified atom stereocenters. The fraction of sp³-hybridized carbons (Fsp3) is 0.375. The van der Waals surface area contributed by atoms with Crippen LogP contribution in [0.1, 0.15) is 60.0 Å². The van der Waals surface area contributed by atoms with Crippen LogP contribution in [0.4, 0.5) is 4.79 Å². The topological polar surface area (TPSA) is 37.3 Å². The molecule has 1 N–H and O–H groups in total. The molecule has 6 heteroatoms. The molecule has 0 bridgehead atoms. The number of halogens is 1. The van der Waals surface area contributed by atoms with Crippen molar-refractivity contribution in [2.75, 3.05) is 0 Å². The molecule has 3 aromatic rings. The molecule has 0 saturated carbocycles. The second-order valence-corrected chi connectivity index (χ2v) is 10.0. The van der Waals surface area contributed by atoms with E-state index in [2.05, 4.69) is 34.3 Å². The van der Waals surface area contributed by atoms with Gasteiger partial charge in [-0.3, -0.25) is 0 Å². The SMILES string of the molecule is CC(C)NC(=O)N1Cc2c(sc3c2CCCC3)-n2cccc2C1c1cccc(Cl)c1. The number of carbonyl (C=O) groups excluding carboxylic acids is 1. The number of benzene rings is 1. The summed E-state index contributed by atoms with van der Waals surface area (Å²) < 4.78 is 2.30. The minimum absolute atomic E-state index is 0.0358. The quantitative estimate of drug-likeness (QED) is 0.515. The number of nitrogens with zero attached hydrogens (tertiary/aromatic N) is 2. The van der Waals surface area contributed by atoms with E-state index in [4.69, 9.17) is 11.6 Å². The summed E-state index contributed by atoms with van der Waals surface area (Å²) in [6, 6.07) is 11.9. The Balaban J connectivity index is 1.71. The molecule has 30 heavy (non-hydrogen) atoms. The summed E-state index contributed by atoms with van der Waals surface area (Å²) in [4.78, 5) is 16.9. The molecule has 3 heterocycles. The van der Waals surface area contributed by atoms with Gasteiger partial charge in [0, 0.05) is 27.7 Å². The van der Waals surface area contributed by atoms with Crippen molar-refractivity contribution >= 4 is 29.0 Å². The largest absolute Gasteiger partial charge is 0.336 e. The van der Waals surface area contributed by atoms with E-state index < -0.39 is 0 Å². The van der Waals surface area contributed by atoms with Crippen LogP contribution in [0.3, 0.4) is 0 Å². The highest BCUT2D eigenvalue weighted by atomic mass is 35.5. The number of aryl methyl sites for hydroxylation is 1. The van der Waals surface area contributed by atoms with Crippen molar-refractivity contribution in [3.63, 3.8) is 0 Å². The van der Waals surface area contributed by atoms with Gasteiger partial charge in [0.05, 0.1) is 18.3 Å². The summed E-state index contributed by atoms with van der Waals surface area (Å²) in [5.41, 5.74) is 4.92. The second-order valence-electron chi connectivity index (χ2n) is 8.49. The van der Waals surface area contributed by atoms with E-state index in [0.29, 0.717) is 11.6 Å². The number of aromatic nitrogens is 1. The maximum atomic E-state index is 13.4. The fourth-order valence-electron chi connectivity index (χ4n) is 4.74. The van der Waals surface area contributed by atoms with E-state index in [0.717, 1.165) is 24.1 Å². The maximum absolute atomic E-state index is 13.4. The van der Waals surface area contributed by atoms with Crippen molar-refractivity contribution < 1.29 is 4.79 Å². The summed E-state index contributed by atoms with van der Waals surface area (Å²) in [5.74, 6) is 0. The Morgan fingerprint density at radius 3 is 2.80 bits per heavy atom. The molecular weight excluding hydrogens is 414 g/mol. The third kappa shape index (κ3) is 3.34. The number of amides is 2. The van der Waals surface area contributed by atoms with Crippen LogP contribution in [0.5, 0.6) is 0 Å². The summed E-state index contributed by atoms with van der Waals surface area (Å²) >= 11 is 8.26. The molecule has 5 rings (SSSR count). The molecule has 0 saturated heterocycles. The Morgan fingerprint density at radius 2 is 2.00 bits per heavy atom. The number of rotatable bonds is 2. The number of carbonyl (C=O) groups is 1. The van der Waals surface area contributed by atoms with E-state index in [-0.39, 0.29) is 18.1 Å². The second kappa shape index (κ2) is 7.78. The lowest BCUT2D eigenvalue weighted by Crippen LogP contribution is -2.44. The average molecular weight is 440 g/mol. The third-order valence-corrected chi connectivity index (χ3v) is 7.58. The predicted octanol–water partition coefficient (Wildman–Crippen LogP) is 6.09. The molecular formula is C24H26ClN3OS. The summed E-state index contributed by atoms with van der Waals surface area (Å²) in [6.45, 7) is 4.62. The van der Waals surface area contributed by atoms with Crippen molar-refractivity contribution in [1.29, 1.82) is 0 Å². The summed E-state index contributed by atoms with van der Waals surface area (Å²) in [7, 11) is 0. The van der Waals surface area contributed by atoms with E-state index in [1.807, 2.05) is 48.3 Å². The lowest BCUT2D eigenvalue weighted by atomic mass is 9.95. The number of hydrogen-bond acceptors (Lipinski definition) is 2. The summed E-state index contributed by atoms with van der Waals surface area (Å²) in [6.07, 6.45) is 6.88. The van der Waals surface area contributed by atoms with Crippen LogP contribution >= 0.6 is 22.9 Å². The van der Waals surface area contributed by atoms with E-state index in [1.54, 1.807) is 0 Å². The van der Waals surface area contributed by atoms with Crippen molar-refractivity contribution in [1.82, 2.24) is 14.8 Å². The molecule has 2 aliphatic rings. The first kappa shape index (κ1) is 19.7. The first-order valence-corrected chi connectivity index (χ1v) is 11.9. The number of urea groups is 1. The zero-order chi connectivity index (χ0) is 20.8. The van der Waals surface area contributed by atoms with E-state index >= 15 is 0 Å². The lowest BCUT2D eigenvalue weighted by molar-refractivity contribution is 0.178. The standard InChI is InChI=1S/C24H26ClN3OS/c1-15(2)26-24(29)28-14-19-18-9-3-4-11-21(18)30-23(19)27-12-6-10-20(27)22(28)16-7-5-8-17(25)13-16/h5-8,10,12-13,15,22H,3-4,9,11,14H2,1-2H3,(H,26,29). The zero-order valence-electron chi connectivity index (χ0n) is 17.3. The van der Waals surface area contributed by atoms with Gasteiger partial charge in [-0.15, -0.1) is 11.3 Å². The summed E-state index contributed by atoms with van der Waals surface area (Å²) in [5, 5.41) is 5.09. The Morgan fingerprint density at radius 1 is 1.17 bits per heavy atom. The van der Waals surface area contributed by atoms with Crippen LogP contribution in [0, 0.1) is 0 Å². The Kier molecular flexibility index (Phi) is 5.11. The number of nitrogens with one attached hydrogen (secondary N) is 1. The van der Waals surface area contributed by atoms with Gasteiger partial charge in [0.15, 0.2) is 0 Å². The van der Waals surface area contributed by atoms with Gasteiger partial charge in [-0.05, 0) is 74.9 Å². The first-order chi connectivity index (χ1) is 14.5. The van der Waals surface area contributed by atoms with E-state index in [1.165, 1.54) is 33.8 Å². The number of fused-ring (bicyclic) bond motifs is 5. The molecule has 156 valence electrons. The minimum Gasteiger partial charge on any atom is -0.336 e. The van der Waals surface area contributed by atoms with Crippen LogP contribution in [0.2, 0.25) is 5.02 Å². The van der Waals surface area contributed by atoms with Gasteiger partial charge in [-0.1, -0.05) is 23.7 Å². The molecule has 0 spiro atoms. The molecule has 1 atom stereocenters. The molecule has 2 amide bonds. The highest BCUT2D eigenvalue weighted by Crippen LogP contribution is 2.44. The van der Waals surface area contributed by atoms with Gasteiger partial charge in [0.1, 0.15) is 5.00 Å². The fourth-order valence-corrected chi connectivity index (χ4v) is 6.35. The Bertz CT molecular complexity index is 1100. The average Bonchev–Trinajstić information content (AvgIpc) is 3.29. The van der Waals surface area contributed by atoms with E-state index in [9.17, 15) is 4.79 Å². The van der Waals surface area contributed by atoms with Crippen molar-refractivity contribution in [2.45, 2.75) is 58.2 Å². The van der Waals surface area contributed by atoms with Crippen molar-refractivity contribution in [3.05, 3.63) is 74.9 Å². The van der Waals surface area contributed by atoms with Gasteiger partial charge in [0.2, 0.25) is 0 Å². The molecule has 1 aliphatic carbocycles. The smallest absolute Gasteiger partial charge is 0.318 e. The highest BCUT2D eigenvalue weighted by molar-refractivity contribution is 7.15. The normalized spacial score (nSPS) is 17.9. The number of hydrogen-bond donors (Lipinski definition) is 1. The molecule has 2 aromatic heterocycles.